The molecule has 1 amide bonds. The van der Waals surface area contributed by atoms with Gasteiger partial charge in [-0.15, -0.1) is 0 Å². The molecule has 20 heavy (non-hydrogen) atoms. The number of hydrogen-bond donors (Lipinski definition) is 0. The molecule has 2 rings (SSSR count). The number of nitrogens with zero attached hydrogens (tertiary/aromatic N) is 2. The molecule has 0 aromatic heterocycles. The van der Waals surface area contributed by atoms with E-state index in [1.807, 2.05) is 19.1 Å². The SMILES string of the molecule is CCOc1cc(/C=N/N2C(=O)CSC2=S)ccc1OC. The highest BCUT2D eigenvalue weighted by atomic mass is 32.2. The van der Waals surface area contributed by atoms with Crippen molar-refractivity contribution < 1.29 is 14.3 Å². The molecule has 5 nitrogen and oxygen atoms in total. The number of hydrogen-bond acceptors (Lipinski definition) is 6. The first-order valence-electron chi connectivity index (χ1n) is 6.00. The van der Waals surface area contributed by atoms with Crippen LogP contribution in [0.15, 0.2) is 23.3 Å². The third-order valence-electron chi connectivity index (χ3n) is 2.54. The maximum absolute atomic E-state index is 11.5. The summed E-state index contributed by atoms with van der Waals surface area (Å²) in [6, 6.07) is 5.44. The Hall–Kier alpha value is -1.60. The zero-order valence-corrected chi connectivity index (χ0v) is 12.8. The fourth-order valence-corrected chi connectivity index (χ4v) is 2.59. The molecular formula is C13H14N2O3S2. The van der Waals surface area contributed by atoms with E-state index >= 15 is 0 Å². The number of rotatable bonds is 5. The molecule has 0 bridgehead atoms. The smallest absolute Gasteiger partial charge is 0.259 e. The highest BCUT2D eigenvalue weighted by molar-refractivity contribution is 8.23. The Morgan fingerprint density at radius 2 is 2.30 bits per heavy atom. The van der Waals surface area contributed by atoms with Crippen LogP contribution >= 0.6 is 24.0 Å². The van der Waals surface area contributed by atoms with Gasteiger partial charge in [-0.05, 0) is 30.7 Å². The van der Waals surface area contributed by atoms with Crippen molar-refractivity contribution >= 4 is 40.4 Å². The van der Waals surface area contributed by atoms with Gasteiger partial charge in [0.05, 0.1) is 25.7 Å². The van der Waals surface area contributed by atoms with Crippen LogP contribution < -0.4 is 9.47 Å². The third kappa shape index (κ3) is 3.29. The Morgan fingerprint density at radius 1 is 1.50 bits per heavy atom. The minimum absolute atomic E-state index is 0.102. The molecule has 0 spiro atoms. The van der Waals surface area contributed by atoms with Crippen molar-refractivity contribution in [3.8, 4) is 11.5 Å². The molecule has 1 saturated heterocycles. The molecule has 0 aliphatic carbocycles. The zero-order valence-electron chi connectivity index (χ0n) is 11.2. The number of methoxy groups -OCH3 is 1. The van der Waals surface area contributed by atoms with Gasteiger partial charge in [0.15, 0.2) is 15.8 Å². The van der Waals surface area contributed by atoms with Crippen LogP contribution in [0, 0.1) is 0 Å². The fourth-order valence-electron chi connectivity index (χ4n) is 1.63. The molecular weight excluding hydrogens is 296 g/mol. The monoisotopic (exact) mass is 310 g/mol. The number of amides is 1. The van der Waals surface area contributed by atoms with E-state index in [1.165, 1.54) is 16.8 Å². The summed E-state index contributed by atoms with van der Waals surface area (Å²) in [5.74, 6) is 1.55. The second-order valence-corrected chi connectivity index (χ2v) is 5.46. The lowest BCUT2D eigenvalue weighted by Crippen LogP contribution is -2.22. The van der Waals surface area contributed by atoms with Crippen LogP contribution in [0.5, 0.6) is 11.5 Å². The first kappa shape index (κ1) is 14.8. The van der Waals surface area contributed by atoms with Crippen molar-refractivity contribution in [2.45, 2.75) is 6.92 Å². The average Bonchev–Trinajstić information content (AvgIpc) is 2.76. The maximum Gasteiger partial charge on any atom is 0.259 e. The average molecular weight is 310 g/mol. The summed E-state index contributed by atoms with van der Waals surface area (Å²) >= 11 is 6.36. The van der Waals surface area contributed by atoms with Crippen molar-refractivity contribution in [1.29, 1.82) is 0 Å². The predicted molar refractivity (Wildman–Crippen MR) is 83.7 cm³/mol. The number of hydrazone groups is 1. The number of carbonyl (C=O) groups is 1. The first-order chi connectivity index (χ1) is 9.65. The lowest BCUT2D eigenvalue weighted by molar-refractivity contribution is -0.123. The summed E-state index contributed by atoms with van der Waals surface area (Å²) in [4.78, 5) is 11.5. The highest BCUT2D eigenvalue weighted by Crippen LogP contribution is 2.27. The highest BCUT2D eigenvalue weighted by Gasteiger charge is 2.25. The maximum atomic E-state index is 11.5. The van der Waals surface area contributed by atoms with E-state index in [9.17, 15) is 4.79 Å². The summed E-state index contributed by atoms with van der Waals surface area (Å²) < 4.78 is 11.2. The van der Waals surface area contributed by atoms with E-state index in [-0.39, 0.29) is 5.91 Å². The van der Waals surface area contributed by atoms with Crippen LogP contribution in [0.2, 0.25) is 0 Å². The standard InChI is InChI=1S/C13H14N2O3S2/c1-3-18-11-6-9(4-5-10(11)17-2)7-14-15-12(16)8-20-13(15)19/h4-7H,3,8H2,1-2H3/b14-7+. The summed E-state index contributed by atoms with van der Waals surface area (Å²) in [7, 11) is 1.59. The first-order valence-corrected chi connectivity index (χ1v) is 7.39. The molecule has 106 valence electrons. The predicted octanol–water partition coefficient (Wildman–Crippen LogP) is 2.29. The van der Waals surface area contributed by atoms with E-state index < -0.39 is 0 Å². The Morgan fingerprint density at radius 3 is 2.90 bits per heavy atom. The molecule has 0 radical (unpaired) electrons. The van der Waals surface area contributed by atoms with Crippen molar-refractivity contribution in [3.05, 3.63) is 23.8 Å². The molecule has 0 saturated carbocycles. The molecule has 7 heteroatoms. The van der Waals surface area contributed by atoms with Gasteiger partial charge in [0.1, 0.15) is 0 Å². The quantitative estimate of drug-likeness (QED) is 0.617. The third-order valence-corrected chi connectivity index (χ3v) is 3.88. The number of carbonyl (C=O) groups excluding carboxylic acids is 1. The van der Waals surface area contributed by atoms with E-state index in [1.54, 1.807) is 19.4 Å². The minimum atomic E-state index is -0.102. The van der Waals surface area contributed by atoms with Gasteiger partial charge in [0.2, 0.25) is 0 Å². The van der Waals surface area contributed by atoms with Gasteiger partial charge in [-0.3, -0.25) is 4.79 Å². The topological polar surface area (TPSA) is 51.1 Å². The molecule has 0 N–H and O–H groups in total. The van der Waals surface area contributed by atoms with Gasteiger partial charge in [0.25, 0.3) is 5.91 Å². The van der Waals surface area contributed by atoms with Crippen LogP contribution in [0.25, 0.3) is 0 Å². The number of benzene rings is 1. The van der Waals surface area contributed by atoms with Crippen LogP contribution in [0.1, 0.15) is 12.5 Å². The molecule has 1 aliphatic rings. The molecule has 1 aromatic rings. The van der Waals surface area contributed by atoms with Crippen LogP contribution in [-0.4, -0.2) is 40.9 Å². The molecule has 0 unspecified atom stereocenters. The molecule has 1 aliphatic heterocycles. The summed E-state index contributed by atoms with van der Waals surface area (Å²) in [5, 5.41) is 5.35. The van der Waals surface area contributed by atoms with E-state index in [4.69, 9.17) is 21.7 Å². The Balaban J connectivity index is 2.18. The van der Waals surface area contributed by atoms with Gasteiger partial charge < -0.3 is 9.47 Å². The number of ether oxygens (including phenoxy) is 2. The van der Waals surface area contributed by atoms with E-state index in [0.29, 0.717) is 28.2 Å². The Bertz CT molecular complexity index is 545. The van der Waals surface area contributed by atoms with E-state index in [2.05, 4.69) is 5.10 Å². The van der Waals surface area contributed by atoms with Gasteiger partial charge >= 0.3 is 0 Å². The second-order valence-electron chi connectivity index (χ2n) is 3.85. The number of thioether (sulfide) groups is 1. The summed E-state index contributed by atoms with van der Waals surface area (Å²) in [6.07, 6.45) is 1.58. The van der Waals surface area contributed by atoms with Gasteiger partial charge in [-0.2, -0.15) is 10.1 Å². The van der Waals surface area contributed by atoms with Crippen molar-refractivity contribution in [2.75, 3.05) is 19.5 Å². The lowest BCUT2D eigenvalue weighted by atomic mass is 10.2. The normalized spacial score (nSPS) is 15.2. The second kappa shape index (κ2) is 6.71. The van der Waals surface area contributed by atoms with Crippen LogP contribution in [0.3, 0.4) is 0 Å². The van der Waals surface area contributed by atoms with Gasteiger partial charge in [-0.1, -0.05) is 24.0 Å². The summed E-state index contributed by atoms with van der Waals surface area (Å²) in [5.41, 5.74) is 0.807. The van der Waals surface area contributed by atoms with Gasteiger partial charge in [-0.25, -0.2) is 0 Å². The van der Waals surface area contributed by atoms with Crippen molar-refractivity contribution in [1.82, 2.24) is 5.01 Å². The van der Waals surface area contributed by atoms with Crippen molar-refractivity contribution in [2.24, 2.45) is 5.10 Å². The zero-order chi connectivity index (χ0) is 14.5. The fraction of sp³-hybridized carbons (Fsp3) is 0.308. The van der Waals surface area contributed by atoms with Gasteiger partial charge in [0, 0.05) is 0 Å². The molecule has 0 atom stereocenters. The summed E-state index contributed by atoms with van der Waals surface area (Å²) in [6.45, 7) is 2.45. The van der Waals surface area contributed by atoms with E-state index in [0.717, 1.165) is 5.56 Å². The van der Waals surface area contributed by atoms with Crippen LogP contribution in [0.4, 0.5) is 0 Å². The largest absolute Gasteiger partial charge is 0.493 e. The number of thiocarbonyl (C=S) groups is 1. The lowest BCUT2D eigenvalue weighted by Gasteiger charge is -2.10. The molecule has 1 heterocycles. The van der Waals surface area contributed by atoms with Crippen molar-refractivity contribution in [3.63, 3.8) is 0 Å². The molecule has 1 fully saturated rings. The van der Waals surface area contributed by atoms with Crippen LogP contribution in [-0.2, 0) is 4.79 Å². The molecule has 1 aromatic carbocycles. The Kier molecular flexibility index (Phi) is 4.97. The minimum Gasteiger partial charge on any atom is -0.493 e. The Labute approximate surface area is 126 Å².